The third-order valence-electron chi connectivity index (χ3n) is 4.48. The lowest BCUT2D eigenvalue weighted by Crippen LogP contribution is -2.40. The first-order chi connectivity index (χ1) is 10.3. The van der Waals surface area contributed by atoms with Gasteiger partial charge in [-0.3, -0.25) is 9.69 Å². The van der Waals surface area contributed by atoms with Gasteiger partial charge in [0.1, 0.15) is 0 Å². The van der Waals surface area contributed by atoms with Crippen LogP contribution >= 0.6 is 0 Å². The first kappa shape index (κ1) is 16.5. The Bertz CT molecular complexity index is 533. The molecule has 2 atom stereocenters. The molecule has 1 saturated carbocycles. The summed E-state index contributed by atoms with van der Waals surface area (Å²) in [7, 11) is 1.66. The number of carbonyl (C=O) groups is 2. The predicted octanol–water partition coefficient (Wildman–Crippen LogP) is 4.04. The zero-order valence-corrected chi connectivity index (χ0v) is 13.8. The zero-order valence-electron chi connectivity index (χ0n) is 13.8. The van der Waals surface area contributed by atoms with Crippen molar-refractivity contribution in [3.8, 4) is 0 Å². The van der Waals surface area contributed by atoms with Crippen LogP contribution in [0, 0.1) is 11.3 Å². The molecular weight excluding hydrogens is 278 g/mol. The van der Waals surface area contributed by atoms with Gasteiger partial charge in [-0.05, 0) is 36.3 Å². The highest BCUT2D eigenvalue weighted by Gasteiger charge is 2.37. The van der Waals surface area contributed by atoms with Crippen LogP contribution in [-0.4, -0.2) is 25.0 Å². The minimum absolute atomic E-state index is 0.0373. The highest BCUT2D eigenvalue weighted by atomic mass is 16.6. The van der Waals surface area contributed by atoms with Crippen molar-refractivity contribution >= 4 is 17.6 Å². The average Bonchev–Trinajstić information content (AvgIpc) is 2.48. The van der Waals surface area contributed by atoms with Crippen molar-refractivity contribution in [2.45, 2.75) is 46.1 Å². The van der Waals surface area contributed by atoms with E-state index in [4.69, 9.17) is 4.74 Å². The van der Waals surface area contributed by atoms with Gasteiger partial charge in [-0.2, -0.15) is 0 Å². The molecule has 1 aliphatic rings. The van der Waals surface area contributed by atoms with Crippen LogP contribution in [0.4, 0.5) is 10.5 Å². The molecular formula is C18H25NO3. The number of hydrogen-bond acceptors (Lipinski definition) is 3. The van der Waals surface area contributed by atoms with Gasteiger partial charge in [-0.25, -0.2) is 4.79 Å². The molecule has 4 nitrogen and oxygen atoms in total. The van der Waals surface area contributed by atoms with Crippen LogP contribution in [0.5, 0.6) is 0 Å². The largest absolute Gasteiger partial charge is 0.438 e. The Morgan fingerprint density at radius 1 is 1.23 bits per heavy atom. The summed E-state index contributed by atoms with van der Waals surface area (Å²) < 4.78 is 5.48. The number of nitrogens with zero attached hydrogens (tertiary/aromatic N) is 1. The van der Waals surface area contributed by atoms with Gasteiger partial charge in [0.05, 0.1) is 0 Å². The van der Waals surface area contributed by atoms with Crippen LogP contribution in [-0.2, 0) is 9.53 Å². The van der Waals surface area contributed by atoms with E-state index in [2.05, 4.69) is 20.8 Å². The first-order valence-corrected chi connectivity index (χ1v) is 7.81. The maximum absolute atomic E-state index is 12.3. The molecule has 1 fully saturated rings. The lowest BCUT2D eigenvalue weighted by Gasteiger charge is -2.36. The zero-order chi connectivity index (χ0) is 16.3. The van der Waals surface area contributed by atoms with Gasteiger partial charge in [0.25, 0.3) is 0 Å². The Morgan fingerprint density at radius 2 is 1.86 bits per heavy atom. The summed E-state index contributed by atoms with van der Waals surface area (Å²) in [6.45, 7) is 6.51. The highest BCUT2D eigenvalue weighted by molar-refractivity contribution is 5.91. The number of ketones is 1. The molecule has 0 bridgehead atoms. The van der Waals surface area contributed by atoms with E-state index in [1.165, 1.54) is 4.90 Å². The van der Waals surface area contributed by atoms with Crippen LogP contribution in [0.25, 0.3) is 0 Å². The molecule has 0 heterocycles. The Morgan fingerprint density at radius 3 is 2.45 bits per heavy atom. The molecule has 2 rings (SSSR count). The van der Waals surface area contributed by atoms with E-state index >= 15 is 0 Å². The number of ether oxygens (including phenoxy) is 1. The Labute approximate surface area is 132 Å². The second kappa shape index (κ2) is 6.51. The van der Waals surface area contributed by atoms with Crippen molar-refractivity contribution in [3.05, 3.63) is 30.3 Å². The summed E-state index contributed by atoms with van der Waals surface area (Å²) in [6.07, 6.45) is 0.909. The van der Waals surface area contributed by atoms with Crippen molar-refractivity contribution in [1.82, 2.24) is 0 Å². The standard InChI is InChI=1S/C18H25NO3/c1-18(2,3)13-10-11-15(20)16(12-13)22-17(21)19(4)14-8-6-5-7-9-14/h5-9,13,16H,10-12H2,1-4H3/t13-,16-/m0/s1. The predicted molar refractivity (Wildman–Crippen MR) is 86.9 cm³/mol. The van der Waals surface area contributed by atoms with E-state index in [1.807, 2.05) is 30.3 Å². The molecule has 0 unspecified atom stereocenters. The van der Waals surface area contributed by atoms with E-state index in [9.17, 15) is 9.59 Å². The van der Waals surface area contributed by atoms with E-state index in [1.54, 1.807) is 7.05 Å². The number of carbonyl (C=O) groups excluding carboxylic acids is 2. The van der Waals surface area contributed by atoms with Gasteiger partial charge in [-0.15, -0.1) is 0 Å². The molecule has 1 aromatic rings. The van der Waals surface area contributed by atoms with Gasteiger partial charge in [-0.1, -0.05) is 39.0 Å². The molecule has 0 aliphatic heterocycles. The average molecular weight is 303 g/mol. The third-order valence-corrected chi connectivity index (χ3v) is 4.48. The Kier molecular flexibility index (Phi) is 4.89. The second-order valence-electron chi connectivity index (χ2n) is 7.07. The van der Waals surface area contributed by atoms with Gasteiger partial charge in [0.15, 0.2) is 11.9 Å². The van der Waals surface area contributed by atoms with E-state index < -0.39 is 12.2 Å². The summed E-state index contributed by atoms with van der Waals surface area (Å²) in [5.41, 5.74) is 0.875. The smallest absolute Gasteiger partial charge is 0.414 e. The summed E-state index contributed by atoms with van der Waals surface area (Å²) >= 11 is 0. The van der Waals surface area contributed by atoms with E-state index in [0.717, 1.165) is 12.1 Å². The summed E-state index contributed by atoms with van der Waals surface area (Å²) in [6, 6.07) is 9.28. The minimum Gasteiger partial charge on any atom is -0.438 e. The van der Waals surface area contributed by atoms with Crippen molar-refractivity contribution < 1.29 is 14.3 Å². The van der Waals surface area contributed by atoms with Crippen LogP contribution in [0.3, 0.4) is 0 Å². The fraction of sp³-hybridized carbons (Fsp3) is 0.556. The summed E-state index contributed by atoms with van der Waals surface area (Å²) in [4.78, 5) is 25.8. The van der Waals surface area contributed by atoms with Crippen LogP contribution in [0.2, 0.25) is 0 Å². The minimum atomic E-state index is -0.614. The lowest BCUT2D eigenvalue weighted by atomic mass is 9.71. The molecule has 120 valence electrons. The second-order valence-corrected chi connectivity index (χ2v) is 7.07. The van der Waals surface area contributed by atoms with Gasteiger partial charge < -0.3 is 4.74 Å². The fourth-order valence-corrected chi connectivity index (χ4v) is 2.84. The van der Waals surface area contributed by atoms with Gasteiger partial charge in [0, 0.05) is 19.2 Å². The number of para-hydroxylation sites is 1. The third kappa shape index (κ3) is 3.87. The monoisotopic (exact) mass is 303 g/mol. The van der Waals surface area contributed by atoms with Crippen molar-refractivity contribution in [2.24, 2.45) is 11.3 Å². The Hall–Kier alpha value is -1.84. The molecule has 22 heavy (non-hydrogen) atoms. The summed E-state index contributed by atoms with van der Waals surface area (Å²) in [5.74, 6) is 0.431. The van der Waals surface area contributed by atoms with Gasteiger partial charge in [0.2, 0.25) is 0 Å². The molecule has 0 N–H and O–H groups in total. The number of anilines is 1. The van der Waals surface area contributed by atoms with Gasteiger partial charge >= 0.3 is 6.09 Å². The Balaban J connectivity index is 2.02. The molecule has 0 aromatic heterocycles. The molecule has 1 amide bonds. The van der Waals surface area contributed by atoms with Crippen LogP contribution in [0.15, 0.2) is 30.3 Å². The quantitative estimate of drug-likeness (QED) is 0.828. The maximum Gasteiger partial charge on any atom is 0.414 e. The summed E-state index contributed by atoms with van der Waals surface area (Å²) in [5, 5.41) is 0. The first-order valence-electron chi connectivity index (χ1n) is 7.81. The number of Topliss-reactive ketones (excluding diaryl/α,β-unsaturated/α-hetero) is 1. The normalized spacial score (nSPS) is 22.3. The van der Waals surface area contributed by atoms with Crippen LogP contribution < -0.4 is 4.90 Å². The molecule has 0 saturated heterocycles. The topological polar surface area (TPSA) is 46.6 Å². The SMILES string of the molecule is CN(C(=O)O[C@H]1C[C@@H](C(C)(C)C)CCC1=O)c1ccccc1. The van der Waals surface area contributed by atoms with E-state index in [-0.39, 0.29) is 11.2 Å². The molecule has 0 radical (unpaired) electrons. The fourth-order valence-electron chi connectivity index (χ4n) is 2.84. The molecule has 0 spiro atoms. The molecule has 1 aromatic carbocycles. The molecule has 1 aliphatic carbocycles. The highest BCUT2D eigenvalue weighted by Crippen LogP contribution is 2.37. The number of hydrogen-bond donors (Lipinski definition) is 0. The molecule has 4 heteroatoms. The van der Waals surface area contributed by atoms with E-state index in [0.29, 0.717) is 18.8 Å². The van der Waals surface area contributed by atoms with Crippen molar-refractivity contribution in [3.63, 3.8) is 0 Å². The number of amides is 1. The van der Waals surface area contributed by atoms with Crippen LogP contribution in [0.1, 0.15) is 40.0 Å². The van der Waals surface area contributed by atoms with Crippen molar-refractivity contribution in [2.75, 3.05) is 11.9 Å². The lowest BCUT2D eigenvalue weighted by molar-refractivity contribution is -0.132. The van der Waals surface area contributed by atoms with Crippen molar-refractivity contribution in [1.29, 1.82) is 0 Å². The maximum atomic E-state index is 12.3. The number of benzene rings is 1. The number of rotatable bonds is 2.